The molecule has 0 aromatic rings. The van der Waals surface area contributed by atoms with Crippen molar-refractivity contribution in [1.29, 1.82) is 0 Å². The van der Waals surface area contributed by atoms with Gasteiger partial charge >= 0.3 is 11.9 Å². The number of unbranched alkanes of at least 4 members (excludes halogenated alkanes) is 39. The van der Waals surface area contributed by atoms with Crippen LogP contribution in [0.3, 0.4) is 0 Å². The Balaban J connectivity index is 3.99. The summed E-state index contributed by atoms with van der Waals surface area (Å²) in [4.78, 5) is 38.2. The molecule has 104 heavy (non-hydrogen) atoms. The summed E-state index contributed by atoms with van der Waals surface area (Å²) in [5.74, 6) is -0.851. The molecule has 10 heteroatoms. The molecular weight excluding hydrogens is 1300 g/mol. The van der Waals surface area contributed by atoms with Gasteiger partial charge in [0.05, 0.1) is 27.7 Å². The zero-order valence-electron chi connectivity index (χ0n) is 68.2. The van der Waals surface area contributed by atoms with Crippen LogP contribution in [0, 0.1) is 0 Å². The molecule has 0 rings (SSSR count). The Bertz CT molecular complexity index is 2320. The van der Waals surface area contributed by atoms with Crippen molar-refractivity contribution in [2.75, 3.05) is 47.5 Å². The van der Waals surface area contributed by atoms with E-state index in [0.29, 0.717) is 17.4 Å². The van der Waals surface area contributed by atoms with Crippen LogP contribution in [0.1, 0.15) is 373 Å². The van der Waals surface area contributed by atoms with Crippen molar-refractivity contribution in [1.82, 2.24) is 0 Å². The van der Waals surface area contributed by atoms with E-state index in [1.54, 1.807) is 0 Å². The third-order valence-electron chi connectivity index (χ3n) is 18.5. The van der Waals surface area contributed by atoms with E-state index >= 15 is 0 Å². The lowest BCUT2D eigenvalue weighted by molar-refractivity contribution is -0.870. The van der Waals surface area contributed by atoms with E-state index < -0.39 is 26.5 Å². The summed E-state index contributed by atoms with van der Waals surface area (Å²) in [5.41, 5.74) is 0. The Morgan fingerprint density at radius 3 is 0.817 bits per heavy atom. The second-order valence-electron chi connectivity index (χ2n) is 29.8. The minimum Gasteiger partial charge on any atom is -0.756 e. The van der Waals surface area contributed by atoms with Gasteiger partial charge in [-0.25, -0.2) is 0 Å². The number of phosphoric ester groups is 1. The number of rotatable bonds is 79. The van der Waals surface area contributed by atoms with Gasteiger partial charge in [0.15, 0.2) is 6.10 Å². The van der Waals surface area contributed by atoms with Crippen LogP contribution in [0.5, 0.6) is 0 Å². The molecule has 0 radical (unpaired) electrons. The van der Waals surface area contributed by atoms with Crippen molar-refractivity contribution in [2.24, 2.45) is 0 Å². The fraction of sp³-hybridized carbons (Fsp3) is 0.702. The number of hydrogen-bond acceptors (Lipinski definition) is 8. The minimum absolute atomic E-state index is 0.0408. The Labute approximate surface area is 643 Å². The van der Waals surface area contributed by atoms with Crippen molar-refractivity contribution >= 4 is 19.8 Å². The molecule has 0 saturated carbocycles. The van der Waals surface area contributed by atoms with Crippen LogP contribution in [-0.2, 0) is 32.7 Å². The SMILES string of the molecule is CC/C=C\C/C=C\C/C=C\C/C=C\C/C=C\C/C=C\C/C=C\C/C=C\C/C=C\C/C=C\C/C=C\CCCCCCCC(=O)OC(COC(=O)CCCCCCCCCCCCCCCCCCCCCCCCCCCCCCC/C=C\C/C=C\CCCCCCC)COP(=O)([O-])OCC[N+](C)(C)C. The summed E-state index contributed by atoms with van der Waals surface area (Å²) in [6.07, 6.45) is 124. The van der Waals surface area contributed by atoms with Gasteiger partial charge in [-0.05, 0) is 128 Å². The number of nitrogens with zero attached hydrogens (tertiary/aromatic N) is 1. The molecule has 0 aliphatic carbocycles. The van der Waals surface area contributed by atoms with Crippen molar-refractivity contribution in [3.63, 3.8) is 0 Å². The van der Waals surface area contributed by atoms with E-state index in [-0.39, 0.29) is 32.0 Å². The molecule has 0 aliphatic heterocycles. The lowest BCUT2D eigenvalue weighted by Crippen LogP contribution is -2.37. The van der Waals surface area contributed by atoms with Crippen molar-refractivity contribution in [2.45, 2.75) is 380 Å². The van der Waals surface area contributed by atoms with Crippen LogP contribution in [0.4, 0.5) is 0 Å². The number of phosphoric acid groups is 1. The molecule has 0 heterocycles. The number of quaternary nitrogens is 1. The second kappa shape index (κ2) is 82.7. The van der Waals surface area contributed by atoms with E-state index in [1.165, 1.54) is 212 Å². The highest BCUT2D eigenvalue weighted by Gasteiger charge is 2.22. The Morgan fingerprint density at radius 1 is 0.308 bits per heavy atom. The summed E-state index contributed by atoms with van der Waals surface area (Å²) < 4.78 is 34.4. The lowest BCUT2D eigenvalue weighted by atomic mass is 10.0. The van der Waals surface area contributed by atoms with Gasteiger partial charge in [0, 0.05) is 12.8 Å². The van der Waals surface area contributed by atoms with Gasteiger partial charge in [0.25, 0.3) is 7.82 Å². The average molecular weight is 1470 g/mol. The maximum atomic E-state index is 12.9. The maximum absolute atomic E-state index is 12.9. The summed E-state index contributed by atoms with van der Waals surface area (Å²) in [5, 5.41) is 0. The van der Waals surface area contributed by atoms with Crippen molar-refractivity contribution in [3.05, 3.63) is 158 Å². The summed E-state index contributed by atoms with van der Waals surface area (Å²) in [6.45, 7) is 4.12. The van der Waals surface area contributed by atoms with E-state index in [1.807, 2.05) is 21.1 Å². The van der Waals surface area contributed by atoms with Crippen molar-refractivity contribution in [3.8, 4) is 0 Å². The normalized spacial score (nSPS) is 13.8. The smallest absolute Gasteiger partial charge is 0.306 e. The van der Waals surface area contributed by atoms with Crippen LogP contribution in [-0.4, -0.2) is 70.0 Å². The van der Waals surface area contributed by atoms with Crippen LogP contribution < -0.4 is 4.89 Å². The number of carbonyl (C=O) groups excluding carboxylic acids is 2. The van der Waals surface area contributed by atoms with Gasteiger partial charge < -0.3 is 27.9 Å². The standard InChI is InChI=1S/C94H162NO8P/c1-6-8-10-12-14-16-18-20-22-24-26-28-30-32-34-36-38-40-42-44-46-47-49-50-52-54-56-58-60-62-64-66-68-70-72-74-76-78-80-82-84-86-93(96)100-90-92(91-102-104(98,99)101-89-88-95(3,4)5)103-94(97)87-85-83-81-79-77-75-73-71-69-67-65-63-61-59-57-55-53-51-48-45-43-41-39-37-35-33-31-29-27-25-23-21-19-17-15-13-11-9-7-2/h9,11,15,17-18,20-21,23-24,26-27,29,33,35,39,41,45,48,53,55,59,61,65,67,71,73,92H,6-8,10,12-14,16,19,22,25,28,30-32,34,36-38,40,42-44,46-47,49-52,54,56-58,60,62-64,66,68-70,72,74-91H2,1-5H3/b11-9-,17-15-,20-18-,23-21-,26-24-,29-27-,35-33-,41-39-,48-45-,55-53-,61-59-,67-65-,73-71-. The van der Waals surface area contributed by atoms with Gasteiger partial charge in [0.2, 0.25) is 0 Å². The summed E-state index contributed by atoms with van der Waals surface area (Å²) in [6, 6.07) is 0. The molecule has 0 saturated heterocycles. The number of hydrogen-bond donors (Lipinski definition) is 0. The molecule has 0 amide bonds. The van der Waals surface area contributed by atoms with Crippen LogP contribution in [0.25, 0.3) is 0 Å². The minimum atomic E-state index is -4.66. The number of likely N-dealkylation sites (N-methyl/N-ethyl adjacent to an activating group) is 1. The third kappa shape index (κ3) is 86.5. The quantitative estimate of drug-likeness (QED) is 0.0195. The number of carbonyl (C=O) groups is 2. The Morgan fingerprint density at radius 2 is 0.548 bits per heavy atom. The van der Waals surface area contributed by atoms with Crippen molar-refractivity contribution < 1.29 is 42.1 Å². The molecule has 0 aromatic heterocycles. The Hall–Kier alpha value is -4.37. The van der Waals surface area contributed by atoms with Crippen LogP contribution in [0.2, 0.25) is 0 Å². The zero-order valence-corrected chi connectivity index (χ0v) is 69.1. The van der Waals surface area contributed by atoms with Crippen LogP contribution in [0.15, 0.2) is 158 Å². The molecule has 0 aromatic carbocycles. The molecule has 0 fully saturated rings. The number of ether oxygens (including phenoxy) is 2. The predicted octanol–water partition coefficient (Wildman–Crippen LogP) is 28.8. The highest BCUT2D eigenvalue weighted by molar-refractivity contribution is 7.45. The maximum Gasteiger partial charge on any atom is 0.306 e. The van der Waals surface area contributed by atoms with E-state index in [9.17, 15) is 19.0 Å². The number of allylic oxidation sites excluding steroid dienone is 26. The monoisotopic (exact) mass is 1460 g/mol. The molecule has 9 nitrogen and oxygen atoms in total. The zero-order chi connectivity index (χ0) is 75.4. The number of esters is 2. The molecular formula is C94H162NO8P. The molecule has 0 aliphatic rings. The Kier molecular flexibility index (Phi) is 79.2. The summed E-state index contributed by atoms with van der Waals surface area (Å²) >= 11 is 0. The van der Waals surface area contributed by atoms with E-state index in [2.05, 4.69) is 172 Å². The first-order valence-corrected chi connectivity index (χ1v) is 44.7. The molecule has 0 bridgehead atoms. The first kappa shape index (κ1) is 99.6. The summed E-state index contributed by atoms with van der Waals surface area (Å²) in [7, 11) is 1.15. The molecule has 0 spiro atoms. The molecule has 2 atom stereocenters. The van der Waals surface area contributed by atoms with E-state index in [4.69, 9.17) is 18.5 Å². The van der Waals surface area contributed by atoms with Gasteiger partial charge in [0.1, 0.15) is 19.8 Å². The first-order valence-electron chi connectivity index (χ1n) is 43.2. The topological polar surface area (TPSA) is 111 Å². The highest BCUT2D eigenvalue weighted by Crippen LogP contribution is 2.38. The fourth-order valence-corrected chi connectivity index (χ4v) is 12.7. The molecule has 596 valence electrons. The van der Waals surface area contributed by atoms with Gasteiger partial charge in [-0.3, -0.25) is 14.2 Å². The first-order chi connectivity index (χ1) is 51.0. The second-order valence-corrected chi connectivity index (χ2v) is 31.2. The lowest BCUT2D eigenvalue weighted by Gasteiger charge is -2.28. The largest absolute Gasteiger partial charge is 0.756 e. The fourth-order valence-electron chi connectivity index (χ4n) is 12.0. The highest BCUT2D eigenvalue weighted by atomic mass is 31.2. The average Bonchev–Trinajstić information content (AvgIpc) is 0.915. The van der Waals surface area contributed by atoms with Crippen LogP contribution >= 0.6 is 7.82 Å². The molecule has 2 unspecified atom stereocenters. The van der Waals surface area contributed by atoms with Gasteiger partial charge in [-0.15, -0.1) is 0 Å². The van der Waals surface area contributed by atoms with Gasteiger partial charge in [-0.1, -0.05) is 390 Å². The van der Waals surface area contributed by atoms with Gasteiger partial charge in [-0.2, -0.15) is 0 Å². The molecule has 0 N–H and O–H groups in total. The predicted molar refractivity (Wildman–Crippen MR) is 452 cm³/mol. The van der Waals surface area contributed by atoms with E-state index in [0.717, 1.165) is 128 Å². The third-order valence-corrected chi connectivity index (χ3v) is 19.5.